The van der Waals surface area contributed by atoms with Crippen molar-refractivity contribution >= 4 is 32.6 Å². The lowest BCUT2D eigenvalue weighted by atomic mass is 10.2. The van der Waals surface area contributed by atoms with Crippen LogP contribution in [0.15, 0.2) is 0 Å². The van der Waals surface area contributed by atoms with Crippen LogP contribution in [0.1, 0.15) is 6.42 Å². The summed E-state index contributed by atoms with van der Waals surface area (Å²) >= 11 is 0. The summed E-state index contributed by atoms with van der Waals surface area (Å²) < 4.78 is 35.8. The van der Waals surface area contributed by atoms with Crippen LogP contribution in [0.3, 0.4) is 0 Å². The van der Waals surface area contributed by atoms with Gasteiger partial charge in [0.15, 0.2) is 0 Å². The van der Waals surface area contributed by atoms with Crippen molar-refractivity contribution in [2.24, 2.45) is 0 Å². The third-order valence-electron chi connectivity index (χ3n) is 1.96. The van der Waals surface area contributed by atoms with Crippen molar-refractivity contribution in [3.63, 3.8) is 0 Å². The lowest BCUT2D eigenvalue weighted by Gasteiger charge is -2.28. The van der Waals surface area contributed by atoms with Gasteiger partial charge in [-0.05, 0) is 26.1 Å². The van der Waals surface area contributed by atoms with Crippen molar-refractivity contribution in [3.05, 3.63) is 0 Å². The molecule has 0 radical (unpaired) electrons. The summed E-state index contributed by atoms with van der Waals surface area (Å²) in [6, 6.07) is -0.680. The highest BCUT2D eigenvalue weighted by Crippen LogP contribution is 2.10. The van der Waals surface area contributed by atoms with Gasteiger partial charge in [0.1, 0.15) is 8.24 Å². The largest absolute Gasteiger partial charge is 0.519 e. The molecular weight excluding hydrogens is 302 g/mol. The molecule has 0 spiro atoms. The third kappa shape index (κ3) is 11.3. The van der Waals surface area contributed by atoms with E-state index >= 15 is 0 Å². The number of hydrogen-bond donors (Lipinski definition) is 2. The Morgan fingerprint density at radius 1 is 1.21 bits per heavy atom. The van der Waals surface area contributed by atoms with Crippen LogP contribution in [0.4, 0.5) is 0 Å². The van der Waals surface area contributed by atoms with Crippen molar-refractivity contribution in [1.82, 2.24) is 4.98 Å². The molecule has 0 aliphatic rings. The summed E-state index contributed by atoms with van der Waals surface area (Å²) in [5.74, 6) is -0.874. The smallest absolute Gasteiger partial charge is 0.309 e. The second-order valence-corrected chi connectivity index (χ2v) is 17.3. The molecular formula is C10H25NO5SSi2. The van der Waals surface area contributed by atoms with E-state index in [1.165, 1.54) is 0 Å². The Hall–Kier alpha value is -0.226. The Kier molecular flexibility index (Phi) is 6.41. The molecule has 0 aromatic heterocycles. The molecule has 0 aliphatic heterocycles. The first-order chi connectivity index (χ1) is 8.20. The molecule has 0 aromatic rings. The lowest BCUT2D eigenvalue weighted by Crippen LogP contribution is -2.53. The van der Waals surface area contributed by atoms with Crippen LogP contribution in [-0.4, -0.2) is 47.3 Å². The van der Waals surface area contributed by atoms with E-state index in [0.717, 1.165) is 0 Å². The molecule has 0 saturated carbocycles. The van der Waals surface area contributed by atoms with Gasteiger partial charge < -0.3 is 9.41 Å². The summed E-state index contributed by atoms with van der Waals surface area (Å²) in [6.45, 7) is 11.7. The first-order valence-electron chi connectivity index (χ1n) is 6.15. The van der Waals surface area contributed by atoms with Gasteiger partial charge >= 0.3 is 5.97 Å². The lowest BCUT2D eigenvalue weighted by molar-refractivity contribution is -0.137. The summed E-state index contributed by atoms with van der Waals surface area (Å²) in [5, 5.41) is 0. The first kappa shape index (κ1) is 18.8. The van der Waals surface area contributed by atoms with E-state index in [1.54, 1.807) is 0 Å². The Labute approximate surface area is 117 Å². The quantitative estimate of drug-likeness (QED) is 0.543. The Morgan fingerprint density at radius 2 is 1.68 bits per heavy atom. The second kappa shape index (κ2) is 6.48. The van der Waals surface area contributed by atoms with Crippen LogP contribution >= 0.6 is 0 Å². The highest BCUT2D eigenvalue weighted by Gasteiger charge is 2.30. The van der Waals surface area contributed by atoms with Gasteiger partial charge in [-0.15, -0.1) is 0 Å². The fourth-order valence-corrected chi connectivity index (χ4v) is 4.00. The summed E-state index contributed by atoms with van der Waals surface area (Å²) in [6.07, 6.45) is 0.0203. The van der Waals surface area contributed by atoms with Gasteiger partial charge in [-0.3, -0.25) is 9.35 Å². The van der Waals surface area contributed by atoms with Gasteiger partial charge in [0.2, 0.25) is 8.32 Å². The van der Waals surface area contributed by atoms with E-state index in [2.05, 4.69) is 4.98 Å². The molecule has 0 rings (SSSR count). The van der Waals surface area contributed by atoms with Crippen LogP contribution in [0.25, 0.3) is 0 Å². The van der Waals surface area contributed by atoms with Gasteiger partial charge in [0.25, 0.3) is 10.1 Å². The molecule has 0 heterocycles. The summed E-state index contributed by atoms with van der Waals surface area (Å²) in [5.41, 5.74) is 0. The van der Waals surface area contributed by atoms with Crippen molar-refractivity contribution in [1.29, 1.82) is 0 Å². The molecule has 114 valence electrons. The first-order valence-corrected chi connectivity index (χ1v) is 14.7. The van der Waals surface area contributed by atoms with E-state index in [1.807, 2.05) is 39.3 Å². The van der Waals surface area contributed by atoms with E-state index < -0.39 is 44.4 Å². The maximum absolute atomic E-state index is 12.0. The fourth-order valence-electron chi connectivity index (χ4n) is 1.41. The van der Waals surface area contributed by atoms with Gasteiger partial charge in [0, 0.05) is 0 Å². The zero-order chi connectivity index (χ0) is 15.5. The van der Waals surface area contributed by atoms with Gasteiger partial charge in [-0.1, -0.05) is 19.6 Å². The van der Waals surface area contributed by atoms with Gasteiger partial charge in [-0.25, -0.2) is 0 Å². The normalized spacial score (nSPS) is 15.1. The Morgan fingerprint density at radius 3 is 2.00 bits per heavy atom. The van der Waals surface area contributed by atoms with Crippen LogP contribution in [0, 0.1) is 0 Å². The zero-order valence-corrected chi connectivity index (χ0v) is 15.3. The molecule has 0 unspecified atom stereocenters. The van der Waals surface area contributed by atoms with E-state index in [0.29, 0.717) is 0 Å². The van der Waals surface area contributed by atoms with Crippen molar-refractivity contribution in [3.8, 4) is 0 Å². The SMILES string of the molecule is C[Si](C)(C)N[C@@H](CCS(=O)(=O)O)C(=O)O[Si](C)(C)C. The summed E-state index contributed by atoms with van der Waals surface area (Å²) in [4.78, 5) is 15.2. The van der Waals surface area contributed by atoms with Gasteiger partial charge in [-0.2, -0.15) is 8.42 Å². The average Bonchev–Trinajstić information content (AvgIpc) is 2.05. The minimum atomic E-state index is -4.07. The standard InChI is InChI=1S/C10H25NO5SSi2/c1-18(2,3)11-9(7-8-17(13,14)15)10(12)16-19(4,5)6/h9,11H,7-8H2,1-6H3,(H,13,14,15)/t9-/m0/s1. The Bertz CT molecular complexity index is 411. The third-order valence-corrected chi connectivity index (χ3v) is 4.74. The number of hydrogen-bond acceptors (Lipinski definition) is 5. The second-order valence-electron chi connectivity index (χ2n) is 6.56. The number of nitrogens with one attached hydrogen (secondary N) is 1. The molecule has 0 aliphatic carbocycles. The molecule has 6 nitrogen and oxygen atoms in total. The molecule has 0 fully saturated rings. The van der Waals surface area contributed by atoms with Crippen molar-refractivity contribution < 1.29 is 22.2 Å². The average molecular weight is 328 g/mol. The highest BCUT2D eigenvalue weighted by atomic mass is 32.2. The molecule has 1 atom stereocenters. The number of rotatable bonds is 7. The molecule has 0 bridgehead atoms. The maximum atomic E-state index is 12.0. The number of carbonyl (C=O) groups excluding carboxylic acids is 1. The van der Waals surface area contributed by atoms with Gasteiger partial charge in [0.05, 0.1) is 11.8 Å². The van der Waals surface area contributed by atoms with Crippen molar-refractivity contribution in [2.45, 2.75) is 51.7 Å². The zero-order valence-electron chi connectivity index (χ0n) is 12.5. The van der Waals surface area contributed by atoms with Crippen LogP contribution in [0.2, 0.25) is 39.3 Å². The molecule has 9 heteroatoms. The molecule has 0 saturated heterocycles. The topological polar surface area (TPSA) is 92.7 Å². The van der Waals surface area contributed by atoms with Crippen LogP contribution in [0.5, 0.6) is 0 Å². The highest BCUT2D eigenvalue weighted by molar-refractivity contribution is 7.85. The van der Waals surface area contributed by atoms with E-state index in [-0.39, 0.29) is 6.42 Å². The molecule has 2 N–H and O–H groups in total. The van der Waals surface area contributed by atoms with Crippen molar-refractivity contribution in [2.75, 3.05) is 5.75 Å². The van der Waals surface area contributed by atoms with E-state index in [9.17, 15) is 13.2 Å². The number of carbonyl (C=O) groups is 1. The van der Waals surface area contributed by atoms with E-state index in [4.69, 9.17) is 8.98 Å². The predicted molar refractivity (Wildman–Crippen MR) is 80.7 cm³/mol. The Balaban J connectivity index is 4.81. The predicted octanol–water partition coefficient (Wildman–Crippen LogP) is 1.44. The fraction of sp³-hybridized carbons (Fsp3) is 0.900. The minimum Gasteiger partial charge on any atom is -0.519 e. The molecule has 0 amide bonds. The maximum Gasteiger partial charge on any atom is 0.309 e. The minimum absolute atomic E-state index is 0.0203. The van der Waals surface area contributed by atoms with Crippen LogP contribution in [-0.2, 0) is 19.3 Å². The molecule has 0 aromatic carbocycles. The summed E-state index contributed by atoms with van der Waals surface area (Å²) in [7, 11) is -7.86. The molecule has 19 heavy (non-hydrogen) atoms. The monoisotopic (exact) mass is 327 g/mol. The van der Waals surface area contributed by atoms with Crippen LogP contribution < -0.4 is 4.98 Å².